The maximum absolute atomic E-state index is 13.0. The fourth-order valence-corrected chi connectivity index (χ4v) is 3.37. The molecule has 0 radical (unpaired) electrons. The van der Waals surface area contributed by atoms with Crippen molar-refractivity contribution in [3.8, 4) is 5.75 Å². The van der Waals surface area contributed by atoms with Gasteiger partial charge in [0.05, 0.1) is 12.5 Å². The molecule has 0 aliphatic carbocycles. The number of phenols is 1. The zero-order chi connectivity index (χ0) is 28.8. The molecule has 1 aromatic carbocycles. The zero-order valence-electron chi connectivity index (χ0n) is 20.4. The first kappa shape index (κ1) is 32.0. The van der Waals surface area contributed by atoms with Crippen molar-refractivity contribution in [2.45, 2.75) is 49.9 Å². The quantitative estimate of drug-likeness (QED) is 0.0432. The summed E-state index contributed by atoms with van der Waals surface area (Å²) in [4.78, 5) is 64.8. The van der Waals surface area contributed by atoms with Gasteiger partial charge in [-0.25, -0.2) is 4.79 Å². The molecule has 4 atom stereocenters. The highest BCUT2D eigenvalue weighted by Crippen LogP contribution is 2.12. The molecule has 15 nitrogen and oxygen atoms in total. The first-order valence-corrected chi connectivity index (χ1v) is 12.0. The highest BCUT2D eigenvalue weighted by atomic mass is 32.1. The van der Waals surface area contributed by atoms with Crippen LogP contribution in [0.2, 0.25) is 0 Å². The summed E-state index contributed by atoms with van der Waals surface area (Å²) in [6.07, 6.45) is -0.488. The minimum Gasteiger partial charge on any atom is -0.508 e. The van der Waals surface area contributed by atoms with Gasteiger partial charge in [-0.2, -0.15) is 12.6 Å². The molecule has 0 saturated carbocycles. The van der Waals surface area contributed by atoms with Crippen LogP contribution in [0.25, 0.3) is 0 Å². The van der Waals surface area contributed by atoms with Gasteiger partial charge >= 0.3 is 11.9 Å². The van der Waals surface area contributed by atoms with E-state index in [4.69, 9.17) is 17.2 Å². The van der Waals surface area contributed by atoms with Crippen LogP contribution in [-0.2, 0) is 30.4 Å². The molecule has 38 heavy (non-hydrogen) atoms. The Hall–Kier alpha value is -4.05. The maximum Gasteiger partial charge on any atom is 0.327 e. The first-order chi connectivity index (χ1) is 17.8. The van der Waals surface area contributed by atoms with Crippen LogP contribution < -0.4 is 33.2 Å². The molecule has 16 heteroatoms. The van der Waals surface area contributed by atoms with Gasteiger partial charge in [-0.15, -0.1) is 0 Å². The van der Waals surface area contributed by atoms with E-state index in [1.807, 2.05) is 0 Å². The van der Waals surface area contributed by atoms with Gasteiger partial charge in [-0.3, -0.25) is 24.2 Å². The Balaban J connectivity index is 3.04. The topological polar surface area (TPSA) is 273 Å². The third-order valence-corrected chi connectivity index (χ3v) is 5.49. The average molecular weight is 556 g/mol. The zero-order valence-corrected chi connectivity index (χ0v) is 21.3. The van der Waals surface area contributed by atoms with E-state index in [1.54, 1.807) is 0 Å². The number of nitrogens with zero attached hydrogens (tertiary/aromatic N) is 1. The third kappa shape index (κ3) is 11.8. The van der Waals surface area contributed by atoms with E-state index in [0.29, 0.717) is 12.0 Å². The van der Waals surface area contributed by atoms with Gasteiger partial charge in [0.2, 0.25) is 17.7 Å². The number of rotatable bonds is 16. The van der Waals surface area contributed by atoms with Gasteiger partial charge in [0, 0.05) is 18.7 Å². The molecule has 0 aliphatic rings. The van der Waals surface area contributed by atoms with E-state index in [9.17, 15) is 39.3 Å². The van der Waals surface area contributed by atoms with Gasteiger partial charge in [0.25, 0.3) is 0 Å². The standard InChI is InChI=1S/C22H33N7O8S/c23-13(2-1-7-26-22(24)25)18(33)27-15(9-17(31)32)20(35)28-14(8-11-3-5-12(30)6-4-11)19(34)29-16(10-38)21(36)37/h3-6,13-16,30,38H,1-2,7-10,23H2,(H,27,33)(H,28,35)(H,29,34)(H,31,32)(H,36,37)(H4,24,25,26). The van der Waals surface area contributed by atoms with Crippen LogP contribution in [-0.4, -0.2) is 87.4 Å². The van der Waals surface area contributed by atoms with Gasteiger partial charge in [-0.1, -0.05) is 12.1 Å². The van der Waals surface area contributed by atoms with Gasteiger partial charge in [0.1, 0.15) is 23.9 Å². The van der Waals surface area contributed by atoms with Crippen molar-refractivity contribution in [3.63, 3.8) is 0 Å². The third-order valence-electron chi connectivity index (χ3n) is 5.12. The van der Waals surface area contributed by atoms with E-state index in [1.165, 1.54) is 24.3 Å². The number of aliphatic carboxylic acids is 2. The summed E-state index contributed by atoms with van der Waals surface area (Å²) < 4.78 is 0. The van der Waals surface area contributed by atoms with E-state index < -0.39 is 60.2 Å². The first-order valence-electron chi connectivity index (χ1n) is 11.4. The summed E-state index contributed by atoms with van der Waals surface area (Å²) in [5.74, 6) is -5.87. The van der Waals surface area contributed by atoms with Crippen LogP contribution in [0, 0.1) is 0 Å². The number of phenolic OH excluding ortho intramolecular Hbond substituents is 1. The Bertz CT molecular complexity index is 1020. The Labute approximate surface area is 223 Å². The second-order valence-electron chi connectivity index (χ2n) is 8.23. The van der Waals surface area contributed by atoms with Crippen molar-refractivity contribution in [2.75, 3.05) is 12.3 Å². The Morgan fingerprint density at radius 2 is 1.45 bits per heavy atom. The lowest BCUT2D eigenvalue weighted by Gasteiger charge is -2.24. The predicted molar refractivity (Wildman–Crippen MR) is 139 cm³/mol. The molecular formula is C22H33N7O8S. The van der Waals surface area contributed by atoms with Crippen LogP contribution in [0.1, 0.15) is 24.8 Å². The number of hydrogen-bond donors (Lipinski definition) is 10. The summed E-state index contributed by atoms with van der Waals surface area (Å²) in [6, 6.07) is 0.228. The SMILES string of the molecule is NC(N)=NCCCC(N)C(=O)NC(CC(=O)O)C(=O)NC(Cc1ccc(O)cc1)C(=O)NC(CS)C(=O)O. The molecule has 12 N–H and O–H groups in total. The van der Waals surface area contributed by atoms with Crippen molar-refractivity contribution in [1.82, 2.24) is 16.0 Å². The number of aromatic hydroxyl groups is 1. The number of hydrogen-bond acceptors (Lipinski definition) is 9. The summed E-state index contributed by atoms with van der Waals surface area (Å²) in [7, 11) is 0. The lowest BCUT2D eigenvalue weighted by atomic mass is 10.0. The van der Waals surface area contributed by atoms with E-state index in [2.05, 4.69) is 33.6 Å². The summed E-state index contributed by atoms with van der Waals surface area (Å²) in [5.41, 5.74) is 16.8. The van der Waals surface area contributed by atoms with E-state index in [0.717, 1.165) is 0 Å². The minimum atomic E-state index is -1.60. The van der Waals surface area contributed by atoms with Crippen LogP contribution in [0.3, 0.4) is 0 Å². The second-order valence-corrected chi connectivity index (χ2v) is 8.59. The largest absolute Gasteiger partial charge is 0.508 e. The molecule has 0 fully saturated rings. The number of thiol groups is 1. The summed E-state index contributed by atoms with van der Waals surface area (Å²) >= 11 is 3.89. The van der Waals surface area contributed by atoms with Crippen molar-refractivity contribution in [2.24, 2.45) is 22.2 Å². The van der Waals surface area contributed by atoms with Crippen molar-refractivity contribution >= 4 is 48.2 Å². The number of benzene rings is 1. The number of amides is 3. The minimum absolute atomic E-state index is 0.0429. The van der Waals surface area contributed by atoms with Crippen LogP contribution in [0.4, 0.5) is 0 Å². The van der Waals surface area contributed by atoms with Crippen molar-refractivity contribution in [3.05, 3.63) is 29.8 Å². The lowest BCUT2D eigenvalue weighted by molar-refractivity contribution is -0.142. The number of carboxylic acids is 2. The fourth-order valence-electron chi connectivity index (χ4n) is 3.12. The highest BCUT2D eigenvalue weighted by Gasteiger charge is 2.31. The number of carboxylic acid groups (broad SMARTS) is 2. The number of carbonyl (C=O) groups is 5. The van der Waals surface area contributed by atoms with E-state index in [-0.39, 0.29) is 36.8 Å². The summed E-state index contributed by atoms with van der Waals surface area (Å²) in [5, 5.41) is 34.8. The van der Waals surface area contributed by atoms with Crippen LogP contribution >= 0.6 is 12.6 Å². The molecule has 0 aliphatic heterocycles. The summed E-state index contributed by atoms with van der Waals surface area (Å²) in [6.45, 7) is 0.208. The average Bonchev–Trinajstić information content (AvgIpc) is 2.84. The van der Waals surface area contributed by atoms with Crippen molar-refractivity contribution < 1.29 is 39.3 Å². The number of nitrogens with one attached hydrogen (secondary N) is 3. The number of nitrogens with two attached hydrogens (primary N) is 3. The lowest BCUT2D eigenvalue weighted by Crippen LogP contribution is -2.58. The Morgan fingerprint density at radius 3 is 1.97 bits per heavy atom. The van der Waals surface area contributed by atoms with Gasteiger partial charge in [0.15, 0.2) is 5.96 Å². The Morgan fingerprint density at radius 1 is 0.895 bits per heavy atom. The van der Waals surface area contributed by atoms with Crippen molar-refractivity contribution in [1.29, 1.82) is 0 Å². The molecular weight excluding hydrogens is 522 g/mol. The van der Waals surface area contributed by atoms with Gasteiger partial charge in [-0.05, 0) is 30.5 Å². The molecule has 1 rings (SSSR count). The molecule has 0 spiro atoms. The molecule has 3 amide bonds. The molecule has 210 valence electrons. The van der Waals surface area contributed by atoms with Gasteiger partial charge < -0.3 is 48.5 Å². The number of guanidine groups is 1. The van der Waals surface area contributed by atoms with Crippen LogP contribution in [0.5, 0.6) is 5.75 Å². The molecule has 0 heterocycles. The molecule has 0 saturated heterocycles. The highest BCUT2D eigenvalue weighted by molar-refractivity contribution is 7.80. The molecule has 4 unspecified atom stereocenters. The fraction of sp³-hybridized carbons (Fsp3) is 0.455. The predicted octanol–water partition coefficient (Wildman–Crippen LogP) is -2.74. The Kier molecular flexibility index (Phi) is 13.4. The maximum atomic E-state index is 13.0. The number of aliphatic imine (C=N–C) groups is 1. The smallest absolute Gasteiger partial charge is 0.327 e. The molecule has 0 bridgehead atoms. The van der Waals surface area contributed by atoms with Crippen LogP contribution in [0.15, 0.2) is 29.3 Å². The normalized spacial score (nSPS) is 13.7. The second kappa shape index (κ2) is 15.9. The molecule has 1 aromatic rings. The van der Waals surface area contributed by atoms with E-state index >= 15 is 0 Å². The monoisotopic (exact) mass is 555 g/mol. The number of carbonyl (C=O) groups excluding carboxylic acids is 3. The molecule has 0 aromatic heterocycles.